The lowest BCUT2D eigenvalue weighted by molar-refractivity contribution is 0.0699. The van der Waals surface area contributed by atoms with Crippen LogP contribution in [0.5, 0.6) is 0 Å². The van der Waals surface area contributed by atoms with Crippen molar-refractivity contribution in [1.82, 2.24) is 4.98 Å². The van der Waals surface area contributed by atoms with E-state index in [-0.39, 0.29) is 0 Å². The monoisotopic (exact) mass is 275 g/mol. The molecule has 0 amide bonds. The second kappa shape index (κ2) is 6.93. The minimum atomic E-state index is 0.741. The quantitative estimate of drug-likeness (QED) is 0.917. The number of ether oxygens (including phenoxy) is 1. The number of piperidine rings is 1. The minimum Gasteiger partial charge on any atom is -0.384 e. The summed E-state index contributed by atoms with van der Waals surface area (Å²) in [7, 11) is 0. The average molecular weight is 275 g/mol. The molecule has 0 spiro atoms. The number of pyridine rings is 1. The Hall–Kier alpha value is -1.29. The van der Waals surface area contributed by atoms with Crippen molar-refractivity contribution < 1.29 is 4.74 Å². The Morgan fingerprint density at radius 1 is 1.15 bits per heavy atom. The first kappa shape index (κ1) is 13.7. The Labute approximate surface area is 121 Å². The van der Waals surface area contributed by atoms with Gasteiger partial charge in [0.15, 0.2) is 0 Å². The highest BCUT2D eigenvalue weighted by Gasteiger charge is 2.14. The van der Waals surface area contributed by atoms with Gasteiger partial charge in [-0.3, -0.25) is 0 Å². The third kappa shape index (κ3) is 3.63. The van der Waals surface area contributed by atoms with Crippen LogP contribution < -0.4 is 10.2 Å². The van der Waals surface area contributed by atoms with E-state index in [9.17, 15) is 0 Å². The van der Waals surface area contributed by atoms with Gasteiger partial charge >= 0.3 is 0 Å². The maximum atomic E-state index is 5.39. The highest BCUT2D eigenvalue weighted by Crippen LogP contribution is 2.20. The number of anilines is 2. The normalized spacial score (nSPS) is 20.9. The summed E-state index contributed by atoms with van der Waals surface area (Å²) in [5.74, 6) is 1.87. The molecule has 1 aromatic heterocycles. The van der Waals surface area contributed by atoms with Crippen LogP contribution in [0.4, 0.5) is 11.5 Å². The molecule has 2 aliphatic heterocycles. The van der Waals surface area contributed by atoms with Crippen molar-refractivity contribution in [3.05, 3.63) is 18.3 Å². The van der Waals surface area contributed by atoms with Crippen molar-refractivity contribution in [3.63, 3.8) is 0 Å². The molecule has 20 heavy (non-hydrogen) atoms. The standard InChI is InChI=1S/C16H25N3O/c1-2-8-19(9-3-1)16-5-4-15(13-18-16)17-12-14-6-10-20-11-7-14/h4-5,13-14,17H,1-3,6-12H2. The van der Waals surface area contributed by atoms with Crippen LogP contribution in [0, 0.1) is 5.92 Å². The molecule has 3 rings (SSSR count). The summed E-state index contributed by atoms with van der Waals surface area (Å²) in [6, 6.07) is 4.31. The summed E-state index contributed by atoms with van der Waals surface area (Å²) in [6.07, 6.45) is 8.28. The molecule has 0 saturated carbocycles. The van der Waals surface area contributed by atoms with Crippen LogP contribution in [0.3, 0.4) is 0 Å². The van der Waals surface area contributed by atoms with Crippen LogP contribution in [0.15, 0.2) is 18.3 Å². The van der Waals surface area contributed by atoms with Gasteiger partial charge < -0.3 is 15.0 Å². The lowest BCUT2D eigenvalue weighted by Gasteiger charge is -2.27. The van der Waals surface area contributed by atoms with Crippen molar-refractivity contribution in [2.45, 2.75) is 32.1 Å². The number of hydrogen-bond donors (Lipinski definition) is 1. The number of aromatic nitrogens is 1. The molecule has 4 nitrogen and oxygen atoms in total. The first-order valence-corrected chi connectivity index (χ1v) is 7.94. The number of rotatable bonds is 4. The molecule has 1 N–H and O–H groups in total. The smallest absolute Gasteiger partial charge is 0.128 e. The van der Waals surface area contributed by atoms with Gasteiger partial charge in [0.25, 0.3) is 0 Å². The summed E-state index contributed by atoms with van der Waals surface area (Å²) < 4.78 is 5.39. The maximum Gasteiger partial charge on any atom is 0.128 e. The molecule has 0 atom stereocenters. The molecule has 1 aromatic rings. The summed E-state index contributed by atoms with van der Waals surface area (Å²) in [6.45, 7) is 5.18. The van der Waals surface area contributed by atoms with E-state index < -0.39 is 0 Å². The summed E-state index contributed by atoms with van der Waals surface area (Å²) in [4.78, 5) is 7.00. The van der Waals surface area contributed by atoms with Crippen molar-refractivity contribution in [3.8, 4) is 0 Å². The van der Waals surface area contributed by atoms with Gasteiger partial charge in [0.1, 0.15) is 5.82 Å². The van der Waals surface area contributed by atoms with Gasteiger partial charge in [-0.15, -0.1) is 0 Å². The van der Waals surface area contributed by atoms with Crippen LogP contribution in [0.1, 0.15) is 32.1 Å². The maximum absolute atomic E-state index is 5.39. The van der Waals surface area contributed by atoms with Crippen molar-refractivity contribution >= 4 is 11.5 Å². The molecule has 2 saturated heterocycles. The van der Waals surface area contributed by atoms with Crippen LogP contribution in [-0.4, -0.2) is 37.8 Å². The number of nitrogens with one attached hydrogen (secondary N) is 1. The number of nitrogens with zero attached hydrogens (tertiary/aromatic N) is 2. The topological polar surface area (TPSA) is 37.4 Å². The molecule has 4 heteroatoms. The van der Waals surface area contributed by atoms with Gasteiger partial charge in [-0.2, -0.15) is 0 Å². The Balaban J connectivity index is 1.50. The van der Waals surface area contributed by atoms with E-state index in [1.165, 1.54) is 32.1 Å². The van der Waals surface area contributed by atoms with E-state index in [0.717, 1.165) is 50.3 Å². The van der Waals surface area contributed by atoms with Crippen LogP contribution in [0.2, 0.25) is 0 Å². The second-order valence-corrected chi connectivity index (χ2v) is 5.89. The fraction of sp³-hybridized carbons (Fsp3) is 0.688. The van der Waals surface area contributed by atoms with Gasteiger partial charge in [0.2, 0.25) is 0 Å². The fourth-order valence-corrected chi connectivity index (χ4v) is 3.01. The summed E-state index contributed by atoms with van der Waals surface area (Å²) in [5, 5.41) is 3.51. The van der Waals surface area contributed by atoms with E-state index in [0.29, 0.717) is 0 Å². The molecule has 0 aromatic carbocycles. The third-order valence-corrected chi connectivity index (χ3v) is 4.36. The van der Waals surface area contributed by atoms with Gasteiger partial charge in [0, 0.05) is 32.8 Å². The molecule has 3 heterocycles. The zero-order valence-electron chi connectivity index (χ0n) is 12.2. The van der Waals surface area contributed by atoms with Gasteiger partial charge in [-0.25, -0.2) is 4.98 Å². The molecule has 0 bridgehead atoms. The summed E-state index contributed by atoms with van der Waals surface area (Å²) >= 11 is 0. The third-order valence-electron chi connectivity index (χ3n) is 4.36. The Kier molecular flexibility index (Phi) is 4.74. The van der Waals surface area contributed by atoms with Crippen LogP contribution in [0.25, 0.3) is 0 Å². The van der Waals surface area contributed by atoms with E-state index in [4.69, 9.17) is 4.74 Å². The SMILES string of the molecule is c1cc(N2CCCCC2)ncc1NCC1CCOCC1. The number of hydrogen-bond acceptors (Lipinski definition) is 4. The zero-order valence-corrected chi connectivity index (χ0v) is 12.2. The van der Waals surface area contributed by atoms with E-state index in [1.54, 1.807) is 0 Å². The zero-order chi connectivity index (χ0) is 13.6. The lowest BCUT2D eigenvalue weighted by Crippen LogP contribution is -2.30. The largest absolute Gasteiger partial charge is 0.384 e. The Morgan fingerprint density at radius 2 is 1.95 bits per heavy atom. The van der Waals surface area contributed by atoms with Gasteiger partial charge in [-0.1, -0.05) is 0 Å². The second-order valence-electron chi connectivity index (χ2n) is 5.89. The molecular formula is C16H25N3O. The Morgan fingerprint density at radius 3 is 2.65 bits per heavy atom. The first-order chi connectivity index (χ1) is 9.92. The predicted octanol–water partition coefficient (Wildman–Crippen LogP) is 2.91. The highest BCUT2D eigenvalue weighted by molar-refractivity contribution is 5.48. The minimum absolute atomic E-state index is 0.741. The lowest BCUT2D eigenvalue weighted by atomic mass is 10.0. The van der Waals surface area contributed by atoms with Crippen molar-refractivity contribution in [2.75, 3.05) is 43.1 Å². The highest BCUT2D eigenvalue weighted by atomic mass is 16.5. The van der Waals surface area contributed by atoms with E-state index in [2.05, 4.69) is 27.3 Å². The molecular weight excluding hydrogens is 250 g/mol. The van der Waals surface area contributed by atoms with E-state index >= 15 is 0 Å². The molecule has 0 unspecified atom stereocenters. The molecule has 2 aliphatic rings. The average Bonchev–Trinajstić information content (AvgIpc) is 2.55. The van der Waals surface area contributed by atoms with Gasteiger partial charge in [0.05, 0.1) is 11.9 Å². The van der Waals surface area contributed by atoms with Crippen molar-refractivity contribution in [1.29, 1.82) is 0 Å². The molecule has 0 radical (unpaired) electrons. The first-order valence-electron chi connectivity index (χ1n) is 7.94. The van der Waals surface area contributed by atoms with Crippen molar-refractivity contribution in [2.24, 2.45) is 5.92 Å². The molecule has 2 fully saturated rings. The summed E-state index contributed by atoms with van der Waals surface area (Å²) in [5.41, 5.74) is 1.14. The Bertz CT molecular complexity index is 395. The molecule has 110 valence electrons. The van der Waals surface area contributed by atoms with Gasteiger partial charge in [-0.05, 0) is 50.2 Å². The fourth-order valence-electron chi connectivity index (χ4n) is 3.01. The van der Waals surface area contributed by atoms with Crippen LogP contribution in [-0.2, 0) is 4.74 Å². The predicted molar refractivity (Wildman–Crippen MR) is 82.3 cm³/mol. The molecule has 0 aliphatic carbocycles. The van der Waals surface area contributed by atoms with E-state index in [1.807, 2.05) is 6.20 Å². The van der Waals surface area contributed by atoms with Crippen LogP contribution >= 0.6 is 0 Å².